The molecule has 1 aliphatic heterocycles. The number of aryl methyl sites for hydroxylation is 1. The van der Waals surface area contributed by atoms with Crippen molar-refractivity contribution in [2.45, 2.75) is 32.2 Å². The first-order chi connectivity index (χ1) is 16.9. The SMILES string of the molecule is Cc1ccc2c(-c3ccccc3)c(C3=NN(C(=O)CCC(=O)O)C(c4cccs4)C3)c(=O)[nH]c2c1. The lowest BCUT2D eigenvalue weighted by Crippen LogP contribution is -2.26. The van der Waals surface area contributed by atoms with E-state index in [2.05, 4.69) is 10.1 Å². The molecule has 0 aliphatic carbocycles. The summed E-state index contributed by atoms with van der Waals surface area (Å²) in [4.78, 5) is 41.5. The predicted molar refractivity (Wildman–Crippen MR) is 137 cm³/mol. The number of carboxylic acid groups (broad SMARTS) is 1. The van der Waals surface area contributed by atoms with Crippen LogP contribution in [0.5, 0.6) is 0 Å². The molecule has 176 valence electrons. The van der Waals surface area contributed by atoms with Gasteiger partial charge in [0.25, 0.3) is 5.56 Å². The summed E-state index contributed by atoms with van der Waals surface area (Å²) in [5.74, 6) is -1.42. The molecular weight excluding hydrogens is 462 g/mol. The van der Waals surface area contributed by atoms with Gasteiger partial charge in [-0.1, -0.05) is 48.5 Å². The van der Waals surface area contributed by atoms with Gasteiger partial charge in [0.05, 0.1) is 23.7 Å². The number of benzene rings is 2. The van der Waals surface area contributed by atoms with Gasteiger partial charge in [0.15, 0.2) is 0 Å². The summed E-state index contributed by atoms with van der Waals surface area (Å²) in [6.45, 7) is 1.97. The van der Waals surface area contributed by atoms with E-state index in [0.29, 0.717) is 17.7 Å². The van der Waals surface area contributed by atoms with Gasteiger partial charge in [-0.15, -0.1) is 11.3 Å². The van der Waals surface area contributed by atoms with E-state index in [4.69, 9.17) is 5.11 Å². The summed E-state index contributed by atoms with van der Waals surface area (Å²) in [7, 11) is 0. The van der Waals surface area contributed by atoms with Gasteiger partial charge in [0.1, 0.15) is 0 Å². The van der Waals surface area contributed by atoms with E-state index >= 15 is 0 Å². The van der Waals surface area contributed by atoms with Crippen LogP contribution in [0.4, 0.5) is 0 Å². The van der Waals surface area contributed by atoms with Crippen molar-refractivity contribution >= 4 is 39.8 Å². The molecule has 0 spiro atoms. The van der Waals surface area contributed by atoms with Gasteiger partial charge < -0.3 is 10.1 Å². The minimum atomic E-state index is -1.04. The number of carboxylic acids is 1. The number of carbonyl (C=O) groups is 2. The first kappa shape index (κ1) is 22.7. The fourth-order valence-corrected chi connectivity index (χ4v) is 5.33. The Morgan fingerprint density at radius 2 is 1.89 bits per heavy atom. The van der Waals surface area contributed by atoms with E-state index in [9.17, 15) is 14.4 Å². The number of thiophene rings is 1. The van der Waals surface area contributed by atoms with Crippen LogP contribution < -0.4 is 5.56 Å². The Hall–Kier alpha value is -4.04. The van der Waals surface area contributed by atoms with Crippen molar-refractivity contribution in [2.75, 3.05) is 0 Å². The topological polar surface area (TPSA) is 103 Å². The zero-order valence-corrected chi connectivity index (χ0v) is 19.8. The number of nitrogens with zero attached hydrogens (tertiary/aromatic N) is 2. The van der Waals surface area contributed by atoms with Crippen LogP contribution in [-0.2, 0) is 9.59 Å². The van der Waals surface area contributed by atoms with Crippen LogP contribution in [0.2, 0.25) is 0 Å². The molecule has 0 saturated carbocycles. The number of hydrazone groups is 1. The van der Waals surface area contributed by atoms with Crippen molar-refractivity contribution < 1.29 is 14.7 Å². The first-order valence-electron chi connectivity index (χ1n) is 11.3. The molecule has 1 unspecified atom stereocenters. The molecule has 35 heavy (non-hydrogen) atoms. The van der Waals surface area contributed by atoms with Crippen molar-refractivity contribution in [1.29, 1.82) is 0 Å². The van der Waals surface area contributed by atoms with Crippen LogP contribution in [0.1, 0.15) is 41.3 Å². The van der Waals surface area contributed by atoms with Crippen molar-refractivity contribution in [3.63, 3.8) is 0 Å². The third-order valence-electron chi connectivity index (χ3n) is 6.11. The van der Waals surface area contributed by atoms with E-state index in [1.165, 1.54) is 16.3 Å². The number of aromatic amines is 1. The molecule has 4 aromatic rings. The Morgan fingerprint density at radius 3 is 2.60 bits per heavy atom. The van der Waals surface area contributed by atoms with E-state index in [-0.39, 0.29) is 30.3 Å². The number of nitrogens with one attached hydrogen (secondary N) is 1. The van der Waals surface area contributed by atoms with Crippen LogP contribution in [0, 0.1) is 6.92 Å². The zero-order chi connectivity index (χ0) is 24.5. The van der Waals surface area contributed by atoms with Crippen LogP contribution in [-0.4, -0.2) is 32.7 Å². The van der Waals surface area contributed by atoms with E-state index in [0.717, 1.165) is 32.5 Å². The van der Waals surface area contributed by atoms with E-state index in [1.54, 1.807) is 0 Å². The number of hydrogen-bond acceptors (Lipinski definition) is 5. The summed E-state index contributed by atoms with van der Waals surface area (Å²) in [6.07, 6.45) is -0.0744. The zero-order valence-electron chi connectivity index (χ0n) is 19.0. The number of carbonyl (C=O) groups excluding carboxylic acids is 1. The number of rotatable bonds is 6. The van der Waals surface area contributed by atoms with Crippen molar-refractivity contribution in [2.24, 2.45) is 5.10 Å². The Bertz CT molecular complexity index is 1510. The number of hydrogen-bond donors (Lipinski definition) is 2. The number of H-pyrrole nitrogens is 1. The highest BCUT2D eigenvalue weighted by molar-refractivity contribution is 7.10. The molecule has 2 aromatic carbocycles. The molecule has 2 aromatic heterocycles. The maximum Gasteiger partial charge on any atom is 0.303 e. The molecule has 3 heterocycles. The molecule has 1 amide bonds. The van der Waals surface area contributed by atoms with Crippen LogP contribution in [0.15, 0.2) is 75.9 Å². The molecular formula is C27H23N3O4S. The highest BCUT2D eigenvalue weighted by atomic mass is 32.1. The Kier molecular flexibility index (Phi) is 6.05. The molecule has 1 atom stereocenters. The van der Waals surface area contributed by atoms with E-state index in [1.807, 2.05) is 73.0 Å². The summed E-state index contributed by atoms with van der Waals surface area (Å²) in [6, 6.07) is 19.1. The summed E-state index contributed by atoms with van der Waals surface area (Å²) >= 11 is 1.50. The third-order valence-corrected chi connectivity index (χ3v) is 7.08. The minimum Gasteiger partial charge on any atom is -0.481 e. The lowest BCUT2D eigenvalue weighted by Gasteiger charge is -2.20. The second-order valence-corrected chi connectivity index (χ2v) is 9.51. The summed E-state index contributed by atoms with van der Waals surface area (Å²) in [5, 5.41) is 17.9. The minimum absolute atomic E-state index is 0.160. The largest absolute Gasteiger partial charge is 0.481 e. The predicted octanol–water partition coefficient (Wildman–Crippen LogP) is 5.11. The Labute approximate surface area is 205 Å². The molecule has 0 saturated heterocycles. The van der Waals surface area contributed by atoms with Crippen LogP contribution in [0.3, 0.4) is 0 Å². The van der Waals surface area contributed by atoms with Gasteiger partial charge in [-0.25, -0.2) is 5.01 Å². The van der Waals surface area contributed by atoms with Crippen molar-refractivity contribution in [3.05, 3.63) is 92.4 Å². The fourth-order valence-electron chi connectivity index (χ4n) is 4.51. The lowest BCUT2D eigenvalue weighted by atomic mass is 9.91. The van der Waals surface area contributed by atoms with E-state index < -0.39 is 5.97 Å². The monoisotopic (exact) mass is 485 g/mol. The molecule has 0 fully saturated rings. The molecule has 7 nitrogen and oxygen atoms in total. The summed E-state index contributed by atoms with van der Waals surface area (Å²) < 4.78 is 0. The fraction of sp³-hybridized carbons (Fsp3) is 0.185. The second-order valence-electron chi connectivity index (χ2n) is 8.53. The van der Waals surface area contributed by atoms with Gasteiger partial charge in [0, 0.05) is 34.2 Å². The maximum atomic E-state index is 13.5. The first-order valence-corrected chi connectivity index (χ1v) is 12.2. The van der Waals surface area contributed by atoms with Gasteiger partial charge in [-0.2, -0.15) is 5.10 Å². The van der Waals surface area contributed by atoms with Crippen LogP contribution >= 0.6 is 11.3 Å². The molecule has 1 aliphatic rings. The highest BCUT2D eigenvalue weighted by Gasteiger charge is 2.35. The van der Waals surface area contributed by atoms with Crippen molar-refractivity contribution in [3.8, 4) is 11.1 Å². The lowest BCUT2D eigenvalue weighted by molar-refractivity contribution is -0.141. The third kappa shape index (κ3) is 4.40. The quantitative estimate of drug-likeness (QED) is 0.396. The Morgan fingerprint density at radius 1 is 1.09 bits per heavy atom. The van der Waals surface area contributed by atoms with Gasteiger partial charge in [-0.05, 0) is 35.6 Å². The number of aromatic nitrogens is 1. The second kappa shape index (κ2) is 9.31. The summed E-state index contributed by atoms with van der Waals surface area (Å²) in [5.41, 5.74) is 4.09. The van der Waals surface area contributed by atoms with Gasteiger partial charge in [0.2, 0.25) is 5.91 Å². The normalized spacial score (nSPS) is 15.4. The Balaban J connectivity index is 1.69. The average molecular weight is 486 g/mol. The number of amides is 1. The van der Waals surface area contributed by atoms with Gasteiger partial charge in [-0.3, -0.25) is 14.4 Å². The number of fused-ring (bicyclic) bond motifs is 1. The number of aliphatic carboxylic acids is 1. The maximum absolute atomic E-state index is 13.5. The number of pyridine rings is 1. The van der Waals surface area contributed by atoms with Crippen LogP contribution in [0.25, 0.3) is 22.0 Å². The average Bonchev–Trinajstić information content (AvgIpc) is 3.52. The molecule has 2 N–H and O–H groups in total. The molecule has 0 radical (unpaired) electrons. The molecule has 5 rings (SSSR count). The molecule has 8 heteroatoms. The molecule has 0 bridgehead atoms. The van der Waals surface area contributed by atoms with Gasteiger partial charge >= 0.3 is 5.97 Å². The van der Waals surface area contributed by atoms with Crippen molar-refractivity contribution in [1.82, 2.24) is 9.99 Å². The highest BCUT2D eigenvalue weighted by Crippen LogP contribution is 2.38. The standard InChI is InChI=1S/C27H23N3O4S/c1-16-9-10-18-19(14-16)28-27(34)26(25(18)17-6-3-2-4-7-17)20-15-21(22-8-5-13-35-22)30(29-20)23(31)11-12-24(32)33/h2-10,13-14,21H,11-12,15H2,1H3,(H,28,34)(H,32,33). The smallest absolute Gasteiger partial charge is 0.303 e.